The minimum absolute atomic E-state index is 0.165. The molecule has 0 aliphatic carbocycles. The Morgan fingerprint density at radius 2 is 1.81 bits per heavy atom. The number of carbonyl (C=O) groups excluding carboxylic acids is 1. The molecule has 27 heavy (non-hydrogen) atoms. The molecule has 3 rings (SSSR count). The van der Waals surface area contributed by atoms with Crippen LogP contribution in [0.5, 0.6) is 11.5 Å². The summed E-state index contributed by atoms with van der Waals surface area (Å²) in [6, 6.07) is 13.5. The van der Waals surface area contributed by atoms with E-state index in [9.17, 15) is 4.79 Å². The summed E-state index contributed by atoms with van der Waals surface area (Å²) in [5.41, 5.74) is 2.80. The van der Waals surface area contributed by atoms with Gasteiger partial charge in [0.05, 0.1) is 23.8 Å². The first-order valence-electron chi connectivity index (χ1n) is 8.85. The van der Waals surface area contributed by atoms with E-state index in [0.29, 0.717) is 29.0 Å². The van der Waals surface area contributed by atoms with E-state index in [1.54, 1.807) is 0 Å². The smallest absolute Gasteiger partial charge is 0.264 e. The molecule has 1 N–H and O–H groups in total. The summed E-state index contributed by atoms with van der Waals surface area (Å²) in [6.45, 7) is 7.00. The Balaban J connectivity index is 1.84. The van der Waals surface area contributed by atoms with Crippen molar-refractivity contribution in [2.75, 3.05) is 13.2 Å². The van der Waals surface area contributed by atoms with Gasteiger partial charge in [-0.2, -0.15) is 0 Å². The van der Waals surface area contributed by atoms with Gasteiger partial charge >= 0.3 is 0 Å². The van der Waals surface area contributed by atoms with Crippen LogP contribution in [-0.2, 0) is 4.79 Å². The Hall–Kier alpha value is -2.73. The molecule has 2 aromatic carbocycles. The van der Waals surface area contributed by atoms with Crippen LogP contribution in [-0.4, -0.2) is 24.3 Å². The van der Waals surface area contributed by atoms with Crippen LogP contribution in [0.4, 0.5) is 5.69 Å². The number of ether oxygens (including phenoxy) is 2. The van der Waals surface area contributed by atoms with E-state index >= 15 is 0 Å². The number of benzene rings is 2. The molecule has 0 saturated carbocycles. The summed E-state index contributed by atoms with van der Waals surface area (Å²) in [5, 5.41) is 3.38. The third kappa shape index (κ3) is 4.92. The van der Waals surface area contributed by atoms with Gasteiger partial charge in [0, 0.05) is 11.6 Å². The van der Waals surface area contributed by atoms with E-state index in [1.165, 1.54) is 17.3 Å². The zero-order valence-corrected chi connectivity index (χ0v) is 16.4. The Morgan fingerprint density at radius 1 is 1.07 bits per heavy atom. The van der Waals surface area contributed by atoms with E-state index in [2.05, 4.69) is 10.3 Å². The van der Waals surface area contributed by atoms with Crippen molar-refractivity contribution in [3.05, 3.63) is 58.5 Å². The van der Waals surface area contributed by atoms with Gasteiger partial charge in [0.15, 0.2) is 5.17 Å². The Labute approximate surface area is 163 Å². The first-order valence-corrected chi connectivity index (χ1v) is 9.66. The number of carbonyl (C=O) groups is 1. The van der Waals surface area contributed by atoms with Gasteiger partial charge in [-0.05, 0) is 62.9 Å². The average molecular weight is 382 g/mol. The SMILES string of the molecule is CCOc1ccc(/C=C2/SC(=Nc3ccc(C)cc3)NC2=O)c(OCC)c1. The van der Waals surface area contributed by atoms with Crippen LogP contribution in [0.2, 0.25) is 0 Å². The first kappa shape index (κ1) is 19.0. The van der Waals surface area contributed by atoms with Crippen LogP contribution in [0.3, 0.4) is 0 Å². The Morgan fingerprint density at radius 3 is 2.52 bits per heavy atom. The van der Waals surface area contributed by atoms with Crippen molar-refractivity contribution in [1.82, 2.24) is 5.32 Å². The molecule has 0 unspecified atom stereocenters. The second kappa shape index (κ2) is 8.77. The van der Waals surface area contributed by atoms with E-state index < -0.39 is 0 Å². The van der Waals surface area contributed by atoms with E-state index in [-0.39, 0.29) is 5.91 Å². The summed E-state index contributed by atoms with van der Waals surface area (Å²) < 4.78 is 11.2. The summed E-state index contributed by atoms with van der Waals surface area (Å²) in [4.78, 5) is 17.4. The zero-order chi connectivity index (χ0) is 19.2. The molecule has 0 aromatic heterocycles. The summed E-state index contributed by atoms with van der Waals surface area (Å²) >= 11 is 1.32. The average Bonchev–Trinajstić information content (AvgIpc) is 2.99. The number of aliphatic imine (C=N–C) groups is 1. The van der Waals surface area contributed by atoms with Crippen molar-refractivity contribution < 1.29 is 14.3 Å². The monoisotopic (exact) mass is 382 g/mol. The van der Waals surface area contributed by atoms with Crippen molar-refractivity contribution in [1.29, 1.82) is 0 Å². The fourth-order valence-corrected chi connectivity index (χ4v) is 3.36. The molecule has 2 aromatic rings. The topological polar surface area (TPSA) is 59.9 Å². The van der Waals surface area contributed by atoms with Crippen LogP contribution < -0.4 is 14.8 Å². The predicted octanol–water partition coefficient (Wildman–Crippen LogP) is 4.68. The second-order valence-electron chi connectivity index (χ2n) is 5.88. The number of amides is 1. The maximum Gasteiger partial charge on any atom is 0.264 e. The van der Waals surface area contributed by atoms with Gasteiger partial charge in [0.1, 0.15) is 11.5 Å². The number of hydrogen-bond donors (Lipinski definition) is 1. The van der Waals surface area contributed by atoms with Crippen molar-refractivity contribution in [2.24, 2.45) is 4.99 Å². The molecular formula is C21H22N2O3S. The van der Waals surface area contributed by atoms with Gasteiger partial charge in [0.2, 0.25) is 0 Å². The largest absolute Gasteiger partial charge is 0.494 e. The van der Waals surface area contributed by atoms with E-state index in [1.807, 2.05) is 69.3 Å². The molecule has 1 aliphatic heterocycles. The lowest BCUT2D eigenvalue weighted by atomic mass is 10.1. The lowest BCUT2D eigenvalue weighted by Gasteiger charge is -2.10. The van der Waals surface area contributed by atoms with E-state index in [4.69, 9.17) is 9.47 Å². The Bertz CT molecular complexity index is 889. The first-order chi connectivity index (χ1) is 13.1. The third-order valence-corrected chi connectivity index (χ3v) is 4.71. The maximum atomic E-state index is 12.3. The van der Waals surface area contributed by atoms with Gasteiger partial charge in [-0.1, -0.05) is 17.7 Å². The number of amidine groups is 1. The molecule has 5 nitrogen and oxygen atoms in total. The number of nitrogens with zero attached hydrogens (tertiary/aromatic N) is 1. The number of aryl methyl sites for hydroxylation is 1. The molecule has 0 atom stereocenters. The summed E-state index contributed by atoms with van der Waals surface area (Å²) in [5.74, 6) is 1.27. The number of thioether (sulfide) groups is 1. The van der Waals surface area contributed by atoms with Crippen molar-refractivity contribution >= 4 is 34.6 Å². The molecular weight excluding hydrogens is 360 g/mol. The van der Waals surface area contributed by atoms with Gasteiger partial charge in [-0.25, -0.2) is 4.99 Å². The number of rotatable bonds is 6. The molecule has 6 heteroatoms. The lowest BCUT2D eigenvalue weighted by Crippen LogP contribution is -2.19. The van der Waals surface area contributed by atoms with E-state index in [0.717, 1.165) is 17.0 Å². The fraction of sp³-hybridized carbons (Fsp3) is 0.238. The molecule has 1 aliphatic rings. The normalized spacial score (nSPS) is 16.6. The van der Waals surface area contributed by atoms with Crippen molar-refractivity contribution in [2.45, 2.75) is 20.8 Å². The number of nitrogens with one attached hydrogen (secondary N) is 1. The van der Waals surface area contributed by atoms with Gasteiger partial charge in [0.25, 0.3) is 5.91 Å². The molecule has 140 valence electrons. The fourth-order valence-electron chi connectivity index (χ4n) is 2.53. The minimum Gasteiger partial charge on any atom is -0.494 e. The van der Waals surface area contributed by atoms with Crippen LogP contribution in [0.1, 0.15) is 25.0 Å². The van der Waals surface area contributed by atoms with Gasteiger partial charge < -0.3 is 14.8 Å². The molecule has 0 radical (unpaired) electrons. The molecule has 0 spiro atoms. The number of hydrogen-bond acceptors (Lipinski definition) is 5. The molecule has 0 bridgehead atoms. The molecule has 1 saturated heterocycles. The molecule has 1 amide bonds. The molecule has 1 heterocycles. The van der Waals surface area contributed by atoms with Crippen molar-refractivity contribution in [3.8, 4) is 11.5 Å². The van der Waals surface area contributed by atoms with Crippen LogP contribution in [0.15, 0.2) is 52.4 Å². The minimum atomic E-state index is -0.165. The second-order valence-corrected chi connectivity index (χ2v) is 6.91. The molecule has 1 fully saturated rings. The van der Waals surface area contributed by atoms with Crippen LogP contribution in [0, 0.1) is 6.92 Å². The van der Waals surface area contributed by atoms with Crippen LogP contribution >= 0.6 is 11.8 Å². The van der Waals surface area contributed by atoms with Crippen molar-refractivity contribution in [3.63, 3.8) is 0 Å². The highest BCUT2D eigenvalue weighted by atomic mass is 32.2. The quantitative estimate of drug-likeness (QED) is 0.737. The Kier molecular flexibility index (Phi) is 6.19. The highest BCUT2D eigenvalue weighted by Crippen LogP contribution is 2.32. The van der Waals surface area contributed by atoms with Gasteiger partial charge in [-0.15, -0.1) is 0 Å². The summed E-state index contributed by atoms with van der Waals surface area (Å²) in [6.07, 6.45) is 1.82. The van der Waals surface area contributed by atoms with Crippen LogP contribution in [0.25, 0.3) is 6.08 Å². The van der Waals surface area contributed by atoms with Gasteiger partial charge in [-0.3, -0.25) is 4.79 Å². The zero-order valence-electron chi connectivity index (χ0n) is 15.6. The highest BCUT2D eigenvalue weighted by Gasteiger charge is 2.24. The third-order valence-electron chi connectivity index (χ3n) is 3.80. The lowest BCUT2D eigenvalue weighted by molar-refractivity contribution is -0.115. The summed E-state index contributed by atoms with van der Waals surface area (Å²) in [7, 11) is 0. The standard InChI is InChI=1S/C21H22N2O3S/c1-4-25-17-11-8-15(18(13-17)26-5-2)12-19-20(24)23-21(27-19)22-16-9-6-14(3)7-10-16/h6-13H,4-5H2,1-3H3,(H,22,23,24)/b19-12+. The maximum absolute atomic E-state index is 12.3. The predicted molar refractivity (Wildman–Crippen MR) is 111 cm³/mol. The highest BCUT2D eigenvalue weighted by molar-refractivity contribution is 8.18.